The quantitative estimate of drug-likeness (QED) is 0.660. The molecule has 0 spiro atoms. The zero-order valence-electron chi connectivity index (χ0n) is 12.1. The van der Waals surface area contributed by atoms with Gasteiger partial charge in [0.25, 0.3) is 0 Å². The van der Waals surface area contributed by atoms with E-state index in [0.29, 0.717) is 12.2 Å². The number of hydrogen-bond acceptors (Lipinski definition) is 1. The SMILES string of the molecule is O=C1CCc2ccccc2/C1=C1\CCc2ccccc2C1. The van der Waals surface area contributed by atoms with E-state index in [0.717, 1.165) is 31.3 Å². The van der Waals surface area contributed by atoms with Gasteiger partial charge in [0, 0.05) is 12.0 Å². The summed E-state index contributed by atoms with van der Waals surface area (Å²) in [7, 11) is 0. The summed E-state index contributed by atoms with van der Waals surface area (Å²) < 4.78 is 0. The first-order valence-corrected chi connectivity index (χ1v) is 7.73. The van der Waals surface area contributed by atoms with Crippen LogP contribution in [0.4, 0.5) is 0 Å². The zero-order chi connectivity index (χ0) is 14.2. The van der Waals surface area contributed by atoms with E-state index in [1.165, 1.54) is 27.8 Å². The van der Waals surface area contributed by atoms with Crippen LogP contribution >= 0.6 is 0 Å². The van der Waals surface area contributed by atoms with E-state index in [-0.39, 0.29) is 0 Å². The van der Waals surface area contributed by atoms with Gasteiger partial charge in [-0.15, -0.1) is 0 Å². The molecule has 0 atom stereocenters. The average Bonchev–Trinajstić information content (AvgIpc) is 2.54. The Hall–Kier alpha value is -2.15. The summed E-state index contributed by atoms with van der Waals surface area (Å²) >= 11 is 0. The predicted molar refractivity (Wildman–Crippen MR) is 85.2 cm³/mol. The predicted octanol–water partition coefficient (Wildman–Crippen LogP) is 4.14. The van der Waals surface area contributed by atoms with Crippen molar-refractivity contribution in [2.45, 2.75) is 32.1 Å². The third kappa shape index (κ3) is 2.13. The molecule has 2 aromatic rings. The first-order valence-electron chi connectivity index (χ1n) is 7.73. The summed E-state index contributed by atoms with van der Waals surface area (Å²) in [6.07, 6.45) is 4.57. The van der Waals surface area contributed by atoms with Crippen molar-refractivity contribution >= 4 is 11.4 Å². The Morgan fingerprint density at radius 3 is 2.19 bits per heavy atom. The largest absolute Gasteiger partial charge is 0.294 e. The second-order valence-corrected chi connectivity index (χ2v) is 6.00. The van der Waals surface area contributed by atoms with Crippen molar-refractivity contribution < 1.29 is 4.79 Å². The minimum Gasteiger partial charge on any atom is -0.294 e. The molecule has 1 heteroatoms. The molecule has 0 fully saturated rings. The van der Waals surface area contributed by atoms with Crippen molar-refractivity contribution in [2.24, 2.45) is 0 Å². The first kappa shape index (κ1) is 12.6. The number of ketones is 1. The number of carbonyl (C=O) groups excluding carboxylic acids is 1. The van der Waals surface area contributed by atoms with Crippen LogP contribution in [0.2, 0.25) is 0 Å². The average molecular weight is 274 g/mol. The minimum atomic E-state index is 0.336. The molecule has 0 heterocycles. The van der Waals surface area contributed by atoms with E-state index in [1.54, 1.807) is 0 Å². The van der Waals surface area contributed by atoms with Crippen molar-refractivity contribution in [3.63, 3.8) is 0 Å². The van der Waals surface area contributed by atoms with Crippen LogP contribution in [-0.4, -0.2) is 5.78 Å². The van der Waals surface area contributed by atoms with E-state index in [1.807, 2.05) is 0 Å². The van der Waals surface area contributed by atoms with Crippen molar-refractivity contribution in [2.75, 3.05) is 0 Å². The molecule has 0 N–H and O–H groups in total. The fraction of sp³-hybridized carbons (Fsp3) is 0.250. The van der Waals surface area contributed by atoms with Crippen LogP contribution in [0, 0.1) is 0 Å². The number of carbonyl (C=O) groups is 1. The summed E-state index contributed by atoms with van der Waals surface area (Å²) in [5, 5.41) is 0. The maximum atomic E-state index is 12.5. The Bertz CT molecular complexity index is 752. The highest BCUT2D eigenvalue weighted by Crippen LogP contribution is 2.36. The number of benzene rings is 2. The molecule has 0 unspecified atom stereocenters. The number of rotatable bonds is 0. The molecule has 0 saturated heterocycles. The van der Waals surface area contributed by atoms with Crippen molar-refractivity contribution in [3.8, 4) is 0 Å². The van der Waals surface area contributed by atoms with Crippen molar-refractivity contribution in [3.05, 3.63) is 76.4 Å². The maximum Gasteiger partial charge on any atom is 0.163 e. The molecule has 1 nitrogen and oxygen atoms in total. The van der Waals surface area contributed by atoms with Crippen LogP contribution in [0.5, 0.6) is 0 Å². The minimum absolute atomic E-state index is 0.336. The fourth-order valence-corrected chi connectivity index (χ4v) is 3.68. The Balaban J connectivity index is 1.84. The van der Waals surface area contributed by atoms with Crippen LogP contribution < -0.4 is 0 Å². The third-order valence-electron chi connectivity index (χ3n) is 4.76. The van der Waals surface area contributed by atoms with Gasteiger partial charge in [0.2, 0.25) is 0 Å². The topological polar surface area (TPSA) is 17.1 Å². The molecule has 4 rings (SSSR count). The van der Waals surface area contributed by atoms with Gasteiger partial charge in [-0.05, 0) is 47.9 Å². The second kappa shape index (κ2) is 5.00. The lowest BCUT2D eigenvalue weighted by atomic mass is 9.78. The molecular formula is C20H18O. The van der Waals surface area contributed by atoms with E-state index >= 15 is 0 Å². The zero-order valence-corrected chi connectivity index (χ0v) is 12.1. The number of fused-ring (bicyclic) bond motifs is 2. The van der Waals surface area contributed by atoms with Gasteiger partial charge in [-0.25, -0.2) is 0 Å². The Morgan fingerprint density at radius 1 is 0.667 bits per heavy atom. The van der Waals surface area contributed by atoms with Gasteiger partial charge in [0.15, 0.2) is 5.78 Å². The summed E-state index contributed by atoms with van der Waals surface area (Å²) in [5.74, 6) is 0.336. The van der Waals surface area contributed by atoms with Crippen LogP contribution in [0.1, 0.15) is 35.1 Å². The summed E-state index contributed by atoms with van der Waals surface area (Å²) in [5.41, 5.74) is 7.71. The standard InChI is InChI=1S/C20H18O/c21-19-12-11-15-6-3-4-8-18(15)20(19)17-10-9-14-5-1-2-7-16(14)13-17/h1-8H,9-13H2/b20-17-. The van der Waals surface area contributed by atoms with Gasteiger partial charge < -0.3 is 0 Å². The lowest BCUT2D eigenvalue weighted by Crippen LogP contribution is -2.17. The molecule has 0 bridgehead atoms. The van der Waals surface area contributed by atoms with Gasteiger partial charge in [-0.2, -0.15) is 0 Å². The van der Waals surface area contributed by atoms with E-state index < -0.39 is 0 Å². The molecule has 2 aliphatic rings. The molecule has 0 aromatic heterocycles. The van der Waals surface area contributed by atoms with E-state index in [9.17, 15) is 4.79 Å². The van der Waals surface area contributed by atoms with Gasteiger partial charge in [-0.3, -0.25) is 4.79 Å². The van der Waals surface area contributed by atoms with Crippen LogP contribution in [-0.2, 0) is 24.1 Å². The lowest BCUT2D eigenvalue weighted by Gasteiger charge is -2.25. The highest BCUT2D eigenvalue weighted by atomic mass is 16.1. The van der Waals surface area contributed by atoms with Crippen molar-refractivity contribution in [1.29, 1.82) is 0 Å². The number of allylic oxidation sites excluding steroid dienone is 2. The van der Waals surface area contributed by atoms with Crippen LogP contribution in [0.3, 0.4) is 0 Å². The molecule has 2 aliphatic carbocycles. The number of Topliss-reactive ketones (excluding diaryl/α,β-unsaturated/α-hetero) is 1. The Morgan fingerprint density at radius 2 is 1.33 bits per heavy atom. The van der Waals surface area contributed by atoms with Crippen molar-refractivity contribution in [1.82, 2.24) is 0 Å². The Labute approximate surface area is 125 Å². The monoisotopic (exact) mass is 274 g/mol. The summed E-state index contributed by atoms with van der Waals surface area (Å²) in [6.45, 7) is 0. The highest BCUT2D eigenvalue weighted by Gasteiger charge is 2.26. The third-order valence-corrected chi connectivity index (χ3v) is 4.76. The second-order valence-electron chi connectivity index (χ2n) is 6.00. The van der Waals surface area contributed by atoms with Gasteiger partial charge in [0.05, 0.1) is 0 Å². The van der Waals surface area contributed by atoms with Crippen LogP contribution in [0.25, 0.3) is 5.57 Å². The Kier molecular flexibility index (Phi) is 2.99. The smallest absolute Gasteiger partial charge is 0.163 e. The van der Waals surface area contributed by atoms with Gasteiger partial charge >= 0.3 is 0 Å². The molecule has 0 radical (unpaired) electrons. The lowest BCUT2D eigenvalue weighted by molar-refractivity contribution is -0.113. The fourth-order valence-electron chi connectivity index (χ4n) is 3.68. The van der Waals surface area contributed by atoms with E-state index in [2.05, 4.69) is 48.5 Å². The first-order chi connectivity index (χ1) is 10.3. The summed E-state index contributed by atoms with van der Waals surface area (Å²) in [4.78, 5) is 12.5. The maximum absolute atomic E-state index is 12.5. The molecule has 2 aromatic carbocycles. The normalized spacial score (nSPS) is 20.9. The highest BCUT2D eigenvalue weighted by molar-refractivity contribution is 6.23. The molecule has 0 saturated carbocycles. The molecule has 104 valence electrons. The molecule has 0 amide bonds. The molecule has 0 aliphatic heterocycles. The summed E-state index contributed by atoms with van der Waals surface area (Å²) in [6, 6.07) is 17.0. The van der Waals surface area contributed by atoms with E-state index in [4.69, 9.17) is 0 Å². The van der Waals surface area contributed by atoms with Gasteiger partial charge in [0.1, 0.15) is 0 Å². The molecule has 21 heavy (non-hydrogen) atoms. The number of aryl methyl sites for hydroxylation is 2. The van der Waals surface area contributed by atoms with Crippen LogP contribution in [0.15, 0.2) is 54.1 Å². The molecular weight excluding hydrogens is 256 g/mol. The number of hydrogen-bond donors (Lipinski definition) is 0. The van der Waals surface area contributed by atoms with Gasteiger partial charge in [-0.1, -0.05) is 54.1 Å².